The molecule has 0 radical (unpaired) electrons. The van der Waals surface area contributed by atoms with Crippen molar-refractivity contribution in [3.05, 3.63) is 42.2 Å². The largest absolute Gasteiger partial charge is 0.428 e. The minimum Gasteiger partial charge on any atom is -0.428 e. The number of anilines is 1. The van der Waals surface area contributed by atoms with Crippen molar-refractivity contribution in [2.45, 2.75) is 31.1 Å². The number of esters is 1. The van der Waals surface area contributed by atoms with Crippen LogP contribution in [-0.2, 0) is 9.53 Å². The van der Waals surface area contributed by atoms with Gasteiger partial charge in [-0.1, -0.05) is 62.2 Å². The summed E-state index contributed by atoms with van der Waals surface area (Å²) in [6.45, 7) is 5.92. The minimum absolute atomic E-state index is 0.296. The molecule has 3 nitrogen and oxygen atoms in total. The van der Waals surface area contributed by atoms with Crippen LogP contribution in [0.5, 0.6) is 0 Å². The molecule has 1 aliphatic heterocycles. The van der Waals surface area contributed by atoms with Crippen LogP contribution in [0.25, 0.3) is 0 Å². The smallest absolute Gasteiger partial charge is 0.350 e. The number of alkyl halides is 2. The third-order valence-corrected chi connectivity index (χ3v) is 4.23. The van der Waals surface area contributed by atoms with Crippen molar-refractivity contribution in [1.29, 1.82) is 0 Å². The molecule has 1 atom stereocenters. The van der Waals surface area contributed by atoms with Gasteiger partial charge in [0.1, 0.15) is 5.76 Å². The van der Waals surface area contributed by atoms with Crippen LogP contribution >= 0.6 is 23.2 Å². The summed E-state index contributed by atoms with van der Waals surface area (Å²) in [5.41, 5.74) is 0.628. The second kappa shape index (κ2) is 5.54. The Labute approximate surface area is 135 Å². The van der Waals surface area contributed by atoms with E-state index in [2.05, 4.69) is 0 Å². The lowest BCUT2D eigenvalue weighted by atomic mass is 9.90. The van der Waals surface area contributed by atoms with Crippen LogP contribution in [0, 0.1) is 5.41 Å². The summed E-state index contributed by atoms with van der Waals surface area (Å²) in [6, 6.07) is 9.15. The Hall–Kier alpha value is -1.19. The number of allylic oxidation sites excluding steroid dienone is 1. The number of ether oxygens (including phenoxy) is 1. The molecule has 0 N–H and O–H groups in total. The maximum absolute atomic E-state index is 12.2. The molecule has 1 heterocycles. The van der Waals surface area contributed by atoms with Gasteiger partial charge in [0.15, 0.2) is 0 Å². The Balaban J connectivity index is 2.44. The number of likely N-dealkylation sites (N-methyl/N-ethyl adjacent to an activating group) is 1. The fourth-order valence-electron chi connectivity index (χ4n) is 2.15. The summed E-state index contributed by atoms with van der Waals surface area (Å²) in [7, 11) is 1.86. The summed E-state index contributed by atoms with van der Waals surface area (Å²) in [5, 5.41) is 0. The second-order valence-corrected chi connectivity index (χ2v) is 7.57. The molecule has 114 valence electrons. The first-order valence-electron chi connectivity index (χ1n) is 6.74. The first-order chi connectivity index (χ1) is 9.64. The number of hydrogen-bond acceptors (Lipinski definition) is 3. The van der Waals surface area contributed by atoms with Gasteiger partial charge < -0.3 is 9.64 Å². The Morgan fingerprint density at radius 1 is 1.19 bits per heavy atom. The molecule has 5 heteroatoms. The lowest BCUT2D eigenvalue weighted by Gasteiger charge is -2.40. The topological polar surface area (TPSA) is 29.5 Å². The summed E-state index contributed by atoms with van der Waals surface area (Å²) < 4.78 is 3.67. The van der Waals surface area contributed by atoms with Crippen LogP contribution in [-0.4, -0.2) is 23.4 Å². The van der Waals surface area contributed by atoms with E-state index in [0.717, 1.165) is 5.69 Å². The minimum atomic E-state index is -1.64. The third kappa shape index (κ3) is 3.19. The fourth-order valence-corrected chi connectivity index (χ4v) is 2.65. The van der Waals surface area contributed by atoms with Crippen LogP contribution in [0.15, 0.2) is 42.2 Å². The van der Waals surface area contributed by atoms with Crippen molar-refractivity contribution < 1.29 is 9.53 Å². The number of nitrogens with zero attached hydrogens (tertiary/aromatic N) is 1. The number of hydrogen-bond donors (Lipinski definition) is 0. The van der Waals surface area contributed by atoms with Gasteiger partial charge in [-0.05, 0) is 18.2 Å². The van der Waals surface area contributed by atoms with E-state index < -0.39 is 16.3 Å². The Morgan fingerprint density at radius 2 is 1.76 bits per heavy atom. The fraction of sp³-hybridized carbons (Fsp3) is 0.438. The molecule has 0 bridgehead atoms. The summed E-state index contributed by atoms with van der Waals surface area (Å²) in [5.74, 6) is -0.0526. The molecule has 0 saturated carbocycles. The number of halogens is 2. The maximum Gasteiger partial charge on any atom is 0.350 e. The van der Waals surface area contributed by atoms with Crippen molar-refractivity contribution in [1.82, 2.24) is 0 Å². The highest BCUT2D eigenvalue weighted by molar-refractivity contribution is 6.58. The van der Waals surface area contributed by atoms with E-state index in [-0.39, 0.29) is 5.41 Å². The van der Waals surface area contributed by atoms with Crippen molar-refractivity contribution >= 4 is 34.9 Å². The van der Waals surface area contributed by atoms with Crippen LogP contribution in [0.2, 0.25) is 0 Å². The second-order valence-electron chi connectivity index (χ2n) is 6.18. The third-order valence-electron chi connectivity index (χ3n) is 3.48. The number of rotatable bonds is 2. The van der Waals surface area contributed by atoms with E-state index in [1.54, 1.807) is 0 Å². The summed E-state index contributed by atoms with van der Waals surface area (Å²) >= 11 is 12.5. The standard InChI is InChI=1S/C16H19Cl2NO2/c1-15(2,3)13-10-12(16(17,18)14(20)21-13)19(4)11-8-6-5-7-9-11/h5-10,12H,1-4H3. The van der Waals surface area contributed by atoms with Gasteiger partial charge in [0, 0.05) is 18.2 Å². The van der Waals surface area contributed by atoms with E-state index in [9.17, 15) is 4.79 Å². The van der Waals surface area contributed by atoms with Gasteiger partial charge in [0.2, 0.25) is 4.33 Å². The number of carbonyl (C=O) groups is 1. The van der Waals surface area contributed by atoms with Crippen LogP contribution < -0.4 is 4.90 Å². The number of para-hydroxylation sites is 1. The SMILES string of the molecule is CN(c1ccccc1)C1C=C(C(C)(C)C)OC(=O)C1(Cl)Cl. The molecule has 0 aliphatic carbocycles. The average Bonchev–Trinajstić information content (AvgIpc) is 2.40. The summed E-state index contributed by atoms with van der Waals surface area (Å²) in [4.78, 5) is 14.0. The van der Waals surface area contributed by atoms with E-state index in [1.807, 2.05) is 69.1 Å². The normalized spacial score (nSPS) is 21.5. The molecule has 0 saturated heterocycles. The quantitative estimate of drug-likeness (QED) is 0.603. The van der Waals surface area contributed by atoms with E-state index in [1.165, 1.54) is 0 Å². The van der Waals surface area contributed by atoms with E-state index in [4.69, 9.17) is 27.9 Å². The number of carbonyl (C=O) groups excluding carboxylic acids is 1. The lowest BCUT2D eigenvalue weighted by molar-refractivity contribution is -0.143. The molecular formula is C16H19Cl2NO2. The van der Waals surface area contributed by atoms with Gasteiger partial charge in [0.05, 0.1) is 6.04 Å². The van der Waals surface area contributed by atoms with Crippen molar-refractivity contribution in [3.63, 3.8) is 0 Å². The van der Waals surface area contributed by atoms with Crippen molar-refractivity contribution in [2.75, 3.05) is 11.9 Å². The van der Waals surface area contributed by atoms with Crippen molar-refractivity contribution in [3.8, 4) is 0 Å². The van der Waals surface area contributed by atoms with Crippen LogP contribution in [0.1, 0.15) is 20.8 Å². The molecule has 0 fully saturated rings. The van der Waals surface area contributed by atoms with E-state index in [0.29, 0.717) is 5.76 Å². The molecule has 1 aromatic carbocycles. The van der Waals surface area contributed by atoms with Gasteiger partial charge in [-0.2, -0.15) is 0 Å². The highest BCUT2D eigenvalue weighted by atomic mass is 35.5. The molecule has 1 unspecified atom stereocenters. The molecule has 1 aromatic rings. The molecule has 2 rings (SSSR count). The van der Waals surface area contributed by atoms with Crippen LogP contribution in [0.3, 0.4) is 0 Å². The molecule has 0 aromatic heterocycles. The zero-order chi connectivity index (χ0) is 15.8. The van der Waals surface area contributed by atoms with Gasteiger partial charge in [-0.25, -0.2) is 4.79 Å². The van der Waals surface area contributed by atoms with Gasteiger partial charge in [-0.15, -0.1) is 0 Å². The molecular weight excluding hydrogens is 309 g/mol. The Morgan fingerprint density at radius 3 is 2.29 bits per heavy atom. The first-order valence-corrected chi connectivity index (χ1v) is 7.50. The highest BCUT2D eigenvalue weighted by Gasteiger charge is 2.50. The number of cyclic esters (lactones) is 1. The highest BCUT2D eigenvalue weighted by Crippen LogP contribution is 2.41. The molecule has 21 heavy (non-hydrogen) atoms. The first kappa shape index (κ1) is 16.2. The lowest BCUT2D eigenvalue weighted by Crippen LogP contribution is -2.52. The van der Waals surface area contributed by atoms with Gasteiger partial charge >= 0.3 is 5.97 Å². The Bertz CT molecular complexity index is 561. The van der Waals surface area contributed by atoms with Crippen LogP contribution in [0.4, 0.5) is 5.69 Å². The number of benzene rings is 1. The molecule has 0 spiro atoms. The zero-order valence-corrected chi connectivity index (χ0v) is 14.1. The van der Waals surface area contributed by atoms with E-state index >= 15 is 0 Å². The molecule has 0 amide bonds. The average molecular weight is 328 g/mol. The predicted molar refractivity (Wildman–Crippen MR) is 86.7 cm³/mol. The zero-order valence-electron chi connectivity index (χ0n) is 12.6. The van der Waals surface area contributed by atoms with Crippen molar-refractivity contribution in [2.24, 2.45) is 5.41 Å². The monoisotopic (exact) mass is 327 g/mol. The van der Waals surface area contributed by atoms with Gasteiger partial charge in [-0.3, -0.25) is 0 Å². The molecule has 1 aliphatic rings. The Kier molecular flexibility index (Phi) is 4.27. The maximum atomic E-state index is 12.2. The van der Waals surface area contributed by atoms with Gasteiger partial charge in [0.25, 0.3) is 0 Å². The predicted octanol–water partition coefficient (Wildman–Crippen LogP) is 4.15. The summed E-state index contributed by atoms with van der Waals surface area (Å²) in [6.07, 6.45) is 1.83.